The lowest BCUT2D eigenvalue weighted by atomic mass is 9.68. The second kappa shape index (κ2) is 2.93. The molecule has 0 aromatic heterocycles. The van der Waals surface area contributed by atoms with Gasteiger partial charge in [-0.1, -0.05) is 19.8 Å². The topological polar surface area (TPSA) is 34.1 Å². The van der Waals surface area contributed by atoms with Crippen molar-refractivity contribution >= 4 is 11.6 Å². The fourth-order valence-electron chi connectivity index (χ4n) is 2.92. The lowest BCUT2D eigenvalue weighted by Crippen LogP contribution is -2.37. The maximum Gasteiger partial charge on any atom is 0.146 e. The van der Waals surface area contributed by atoms with Crippen LogP contribution >= 0.6 is 0 Å². The first-order chi connectivity index (χ1) is 6.15. The first-order valence-corrected chi connectivity index (χ1v) is 5.22. The zero-order valence-electron chi connectivity index (χ0n) is 8.14. The van der Waals surface area contributed by atoms with Crippen molar-refractivity contribution in [2.75, 3.05) is 0 Å². The molecule has 0 radical (unpaired) electrons. The second-order valence-electron chi connectivity index (χ2n) is 4.63. The molecule has 2 fully saturated rings. The van der Waals surface area contributed by atoms with Gasteiger partial charge < -0.3 is 0 Å². The highest BCUT2D eigenvalue weighted by molar-refractivity contribution is 6.12. The van der Waals surface area contributed by atoms with Gasteiger partial charge in [0.1, 0.15) is 11.6 Å². The van der Waals surface area contributed by atoms with E-state index < -0.39 is 5.41 Å². The van der Waals surface area contributed by atoms with Gasteiger partial charge in [0.15, 0.2) is 0 Å². The summed E-state index contributed by atoms with van der Waals surface area (Å²) in [6.45, 7) is 2.15. The third kappa shape index (κ3) is 1.23. The molecular weight excluding hydrogens is 164 g/mol. The maximum absolute atomic E-state index is 11.7. The molecule has 0 N–H and O–H groups in total. The molecule has 2 nitrogen and oxygen atoms in total. The summed E-state index contributed by atoms with van der Waals surface area (Å²) in [5.41, 5.74) is -0.516. The first-order valence-electron chi connectivity index (χ1n) is 5.22. The van der Waals surface area contributed by atoms with Crippen LogP contribution in [0.25, 0.3) is 0 Å². The minimum Gasteiger partial charge on any atom is -0.299 e. The fraction of sp³-hybridized carbons (Fsp3) is 0.818. The Labute approximate surface area is 78.7 Å². The summed E-state index contributed by atoms with van der Waals surface area (Å²) < 4.78 is 0. The van der Waals surface area contributed by atoms with Crippen molar-refractivity contribution in [3.8, 4) is 0 Å². The molecule has 72 valence electrons. The smallest absolute Gasteiger partial charge is 0.146 e. The zero-order valence-corrected chi connectivity index (χ0v) is 8.14. The Morgan fingerprint density at radius 2 is 1.85 bits per heavy atom. The molecule has 0 bridgehead atoms. The van der Waals surface area contributed by atoms with Gasteiger partial charge >= 0.3 is 0 Å². The molecule has 13 heavy (non-hydrogen) atoms. The Hall–Kier alpha value is -0.660. The van der Waals surface area contributed by atoms with E-state index in [1.165, 1.54) is 6.42 Å². The highest BCUT2D eigenvalue weighted by Gasteiger charge is 2.50. The number of ketones is 2. The summed E-state index contributed by atoms with van der Waals surface area (Å²) in [7, 11) is 0. The van der Waals surface area contributed by atoms with Gasteiger partial charge in [-0.2, -0.15) is 0 Å². The van der Waals surface area contributed by atoms with E-state index in [4.69, 9.17) is 0 Å². The van der Waals surface area contributed by atoms with Crippen LogP contribution in [0.5, 0.6) is 0 Å². The van der Waals surface area contributed by atoms with Crippen LogP contribution in [-0.4, -0.2) is 11.6 Å². The van der Waals surface area contributed by atoms with Gasteiger partial charge in [0.2, 0.25) is 0 Å². The number of carbonyl (C=O) groups is 2. The molecule has 0 saturated heterocycles. The normalized spacial score (nSPS) is 32.8. The Morgan fingerprint density at radius 3 is 2.38 bits per heavy atom. The Kier molecular flexibility index (Phi) is 2.01. The molecule has 0 aromatic rings. The lowest BCUT2D eigenvalue weighted by molar-refractivity contribution is -0.138. The summed E-state index contributed by atoms with van der Waals surface area (Å²) in [4.78, 5) is 23.4. The fourth-order valence-corrected chi connectivity index (χ4v) is 2.92. The van der Waals surface area contributed by atoms with Crippen LogP contribution in [0.2, 0.25) is 0 Å². The van der Waals surface area contributed by atoms with E-state index in [0.29, 0.717) is 18.8 Å². The minimum atomic E-state index is -0.516. The molecule has 0 aromatic carbocycles. The Bertz CT molecular complexity index is 239. The molecule has 1 unspecified atom stereocenters. The van der Waals surface area contributed by atoms with Crippen LogP contribution in [0, 0.1) is 11.3 Å². The van der Waals surface area contributed by atoms with Crippen molar-refractivity contribution in [3.63, 3.8) is 0 Å². The van der Waals surface area contributed by atoms with E-state index in [2.05, 4.69) is 6.92 Å². The third-order valence-electron chi connectivity index (χ3n) is 3.64. The van der Waals surface area contributed by atoms with E-state index in [1.54, 1.807) is 0 Å². The molecule has 2 heteroatoms. The summed E-state index contributed by atoms with van der Waals surface area (Å²) in [5.74, 6) is 1.01. The third-order valence-corrected chi connectivity index (χ3v) is 3.64. The zero-order chi connectivity index (χ0) is 9.47. The molecule has 1 spiro atoms. The quantitative estimate of drug-likeness (QED) is 0.535. The second-order valence-corrected chi connectivity index (χ2v) is 4.63. The van der Waals surface area contributed by atoms with Crippen LogP contribution in [0.4, 0.5) is 0 Å². The largest absolute Gasteiger partial charge is 0.299 e. The lowest BCUT2D eigenvalue weighted by Gasteiger charge is -2.33. The summed E-state index contributed by atoms with van der Waals surface area (Å²) in [6.07, 6.45) is 4.90. The predicted molar refractivity (Wildman–Crippen MR) is 49.3 cm³/mol. The molecule has 0 amide bonds. The minimum absolute atomic E-state index is 0.226. The highest BCUT2D eigenvalue weighted by atomic mass is 16.2. The molecule has 0 heterocycles. The van der Waals surface area contributed by atoms with Crippen LogP contribution in [0.3, 0.4) is 0 Å². The molecular formula is C11H16O2. The monoisotopic (exact) mass is 180 g/mol. The number of Topliss-reactive ketones (excluding diaryl/α,β-unsaturated/α-hetero) is 2. The van der Waals surface area contributed by atoms with Crippen LogP contribution in [-0.2, 0) is 9.59 Å². The van der Waals surface area contributed by atoms with Crippen molar-refractivity contribution in [2.45, 2.75) is 45.4 Å². The molecule has 0 aliphatic heterocycles. The SMILES string of the molecule is CC1CCCC2(C1)C(=O)CCC2=O. The summed E-state index contributed by atoms with van der Waals surface area (Å²) in [5, 5.41) is 0. The van der Waals surface area contributed by atoms with Crippen LogP contribution in [0.15, 0.2) is 0 Å². The Morgan fingerprint density at radius 1 is 1.23 bits per heavy atom. The highest BCUT2D eigenvalue weighted by Crippen LogP contribution is 2.45. The van der Waals surface area contributed by atoms with Gasteiger partial charge in [-0.05, 0) is 18.8 Å². The van der Waals surface area contributed by atoms with Crippen molar-refractivity contribution in [2.24, 2.45) is 11.3 Å². The molecule has 2 aliphatic rings. The van der Waals surface area contributed by atoms with E-state index in [1.807, 2.05) is 0 Å². The van der Waals surface area contributed by atoms with Gasteiger partial charge in [-0.3, -0.25) is 9.59 Å². The average Bonchev–Trinajstić information content (AvgIpc) is 2.34. The van der Waals surface area contributed by atoms with Gasteiger partial charge in [-0.25, -0.2) is 0 Å². The number of hydrogen-bond acceptors (Lipinski definition) is 2. The predicted octanol–water partition coefficient (Wildman–Crippen LogP) is 2.11. The summed E-state index contributed by atoms with van der Waals surface area (Å²) >= 11 is 0. The van der Waals surface area contributed by atoms with Gasteiger partial charge in [-0.15, -0.1) is 0 Å². The number of rotatable bonds is 0. The van der Waals surface area contributed by atoms with E-state index in [0.717, 1.165) is 19.3 Å². The van der Waals surface area contributed by atoms with Gasteiger partial charge in [0, 0.05) is 12.8 Å². The van der Waals surface area contributed by atoms with E-state index >= 15 is 0 Å². The van der Waals surface area contributed by atoms with Gasteiger partial charge in [0.25, 0.3) is 0 Å². The molecule has 1 atom stereocenters. The first kappa shape index (κ1) is 8.92. The van der Waals surface area contributed by atoms with Crippen molar-refractivity contribution < 1.29 is 9.59 Å². The Balaban J connectivity index is 2.26. The maximum atomic E-state index is 11.7. The van der Waals surface area contributed by atoms with E-state index in [9.17, 15) is 9.59 Å². The number of carbonyl (C=O) groups excluding carboxylic acids is 2. The van der Waals surface area contributed by atoms with Gasteiger partial charge in [0.05, 0.1) is 5.41 Å². The van der Waals surface area contributed by atoms with E-state index in [-0.39, 0.29) is 11.6 Å². The number of hydrogen-bond donors (Lipinski definition) is 0. The molecule has 2 saturated carbocycles. The standard InChI is InChI=1S/C11H16O2/c1-8-3-2-6-11(7-8)9(12)4-5-10(11)13/h8H,2-7H2,1H3. The van der Waals surface area contributed by atoms with Crippen molar-refractivity contribution in [3.05, 3.63) is 0 Å². The molecule has 2 aliphatic carbocycles. The average molecular weight is 180 g/mol. The van der Waals surface area contributed by atoms with Crippen LogP contribution < -0.4 is 0 Å². The van der Waals surface area contributed by atoms with Crippen LogP contribution in [0.1, 0.15) is 45.4 Å². The molecule has 2 rings (SSSR count). The summed E-state index contributed by atoms with van der Waals surface area (Å²) in [6, 6.07) is 0. The van der Waals surface area contributed by atoms with Crippen molar-refractivity contribution in [1.29, 1.82) is 0 Å². The van der Waals surface area contributed by atoms with Crippen molar-refractivity contribution in [1.82, 2.24) is 0 Å².